The zero-order valence-electron chi connectivity index (χ0n) is 19.8. The molecule has 0 atom stereocenters. The number of aromatic nitrogens is 1. The summed E-state index contributed by atoms with van der Waals surface area (Å²) in [6, 6.07) is 12.2. The van der Waals surface area contributed by atoms with Gasteiger partial charge in [-0.15, -0.1) is 11.3 Å². The highest BCUT2D eigenvalue weighted by Gasteiger charge is 2.25. The molecule has 1 aliphatic rings. The number of amides is 1. The van der Waals surface area contributed by atoms with Crippen molar-refractivity contribution in [1.82, 2.24) is 9.88 Å². The minimum atomic E-state index is -0.423. The molecular formula is C25H26N4O5S2. The number of para-hydroxylation sites is 1. The second-order valence-corrected chi connectivity index (χ2v) is 10.5. The molecule has 0 saturated carbocycles. The van der Waals surface area contributed by atoms with Crippen molar-refractivity contribution in [3.05, 3.63) is 57.5 Å². The average Bonchev–Trinajstić information content (AvgIpc) is 3.51. The van der Waals surface area contributed by atoms with Crippen molar-refractivity contribution in [2.75, 3.05) is 50.9 Å². The summed E-state index contributed by atoms with van der Waals surface area (Å²) in [7, 11) is 0. The number of thiophene rings is 1. The van der Waals surface area contributed by atoms with Crippen LogP contribution in [0.2, 0.25) is 0 Å². The molecule has 4 aromatic rings. The summed E-state index contributed by atoms with van der Waals surface area (Å²) in [5.41, 5.74) is 0.758. The van der Waals surface area contributed by atoms with E-state index in [-0.39, 0.29) is 11.6 Å². The predicted octanol–water partition coefficient (Wildman–Crippen LogP) is 5.19. The van der Waals surface area contributed by atoms with Gasteiger partial charge in [-0.1, -0.05) is 17.4 Å². The first-order valence-corrected chi connectivity index (χ1v) is 13.5. The van der Waals surface area contributed by atoms with E-state index in [1.807, 2.05) is 25.1 Å². The van der Waals surface area contributed by atoms with Gasteiger partial charge in [0.05, 0.1) is 34.3 Å². The van der Waals surface area contributed by atoms with Gasteiger partial charge in [0, 0.05) is 48.4 Å². The van der Waals surface area contributed by atoms with Crippen LogP contribution >= 0.6 is 22.7 Å². The van der Waals surface area contributed by atoms with Crippen LogP contribution in [0.3, 0.4) is 0 Å². The number of anilines is 1. The number of fused-ring (bicyclic) bond motifs is 2. The summed E-state index contributed by atoms with van der Waals surface area (Å²) in [5, 5.41) is 12.5. The van der Waals surface area contributed by atoms with Crippen LogP contribution in [0.15, 0.2) is 42.5 Å². The van der Waals surface area contributed by atoms with Crippen molar-refractivity contribution in [2.45, 2.75) is 13.3 Å². The quantitative estimate of drug-likeness (QED) is 0.219. The van der Waals surface area contributed by atoms with Crippen molar-refractivity contribution in [1.29, 1.82) is 0 Å². The highest BCUT2D eigenvalue weighted by Crippen LogP contribution is 2.36. The Labute approximate surface area is 216 Å². The minimum absolute atomic E-state index is 0.0105. The van der Waals surface area contributed by atoms with Crippen LogP contribution in [0.5, 0.6) is 5.75 Å². The zero-order valence-corrected chi connectivity index (χ0v) is 21.5. The second kappa shape index (κ2) is 10.9. The molecular weight excluding hydrogens is 500 g/mol. The Hall–Kier alpha value is -3.12. The molecule has 1 saturated heterocycles. The smallest absolute Gasteiger partial charge is 0.270 e. The number of ether oxygens (including phenoxy) is 2. The number of hydrogen-bond donors (Lipinski definition) is 0. The molecule has 0 bridgehead atoms. The number of non-ortho nitro benzene ring substituents is 1. The van der Waals surface area contributed by atoms with E-state index in [0.29, 0.717) is 34.3 Å². The number of benzene rings is 2. The standard InChI is InChI=1S/C25H26N4O5S2/c1-2-34-19-5-3-6-21-23(19)26-25(36-21)28(10-4-9-27-11-13-33-14-12-27)24(30)22-16-17-15-18(29(31)32)7-8-20(17)35-22/h3,5-8,15-16H,2,4,9-14H2,1H3. The van der Waals surface area contributed by atoms with E-state index in [9.17, 15) is 14.9 Å². The number of carbonyl (C=O) groups excluding carboxylic acids is 1. The van der Waals surface area contributed by atoms with Gasteiger partial charge in [0.25, 0.3) is 11.6 Å². The van der Waals surface area contributed by atoms with E-state index in [1.165, 1.54) is 34.8 Å². The number of rotatable bonds is 9. The summed E-state index contributed by atoms with van der Waals surface area (Å²) in [5.74, 6) is 0.547. The lowest BCUT2D eigenvalue weighted by molar-refractivity contribution is -0.384. The Balaban J connectivity index is 1.46. The van der Waals surface area contributed by atoms with Crippen LogP contribution in [0.4, 0.5) is 10.8 Å². The molecule has 36 heavy (non-hydrogen) atoms. The summed E-state index contributed by atoms with van der Waals surface area (Å²) in [4.78, 5) is 34.0. The van der Waals surface area contributed by atoms with Crippen molar-refractivity contribution in [3.63, 3.8) is 0 Å². The van der Waals surface area contributed by atoms with Gasteiger partial charge in [0.2, 0.25) is 0 Å². The van der Waals surface area contributed by atoms with E-state index in [0.717, 1.165) is 54.2 Å². The maximum atomic E-state index is 13.8. The van der Waals surface area contributed by atoms with Crippen LogP contribution in [0.1, 0.15) is 23.0 Å². The van der Waals surface area contributed by atoms with E-state index < -0.39 is 4.92 Å². The van der Waals surface area contributed by atoms with Crippen molar-refractivity contribution >= 4 is 59.7 Å². The fourth-order valence-electron chi connectivity index (χ4n) is 4.24. The van der Waals surface area contributed by atoms with Gasteiger partial charge in [-0.25, -0.2) is 4.98 Å². The third-order valence-corrected chi connectivity index (χ3v) is 8.18. The fourth-order valence-corrected chi connectivity index (χ4v) is 6.24. The molecule has 9 nitrogen and oxygen atoms in total. The molecule has 0 unspecified atom stereocenters. The van der Waals surface area contributed by atoms with E-state index in [4.69, 9.17) is 14.5 Å². The monoisotopic (exact) mass is 526 g/mol. The zero-order chi connectivity index (χ0) is 25.1. The molecule has 1 aliphatic heterocycles. The first-order chi connectivity index (χ1) is 17.5. The molecule has 0 aliphatic carbocycles. The molecule has 11 heteroatoms. The summed E-state index contributed by atoms with van der Waals surface area (Å²) >= 11 is 2.80. The highest BCUT2D eigenvalue weighted by atomic mass is 32.1. The van der Waals surface area contributed by atoms with Gasteiger partial charge in [0.15, 0.2) is 5.13 Å². The summed E-state index contributed by atoms with van der Waals surface area (Å²) in [6.45, 7) is 7.07. The van der Waals surface area contributed by atoms with Crippen LogP contribution < -0.4 is 9.64 Å². The van der Waals surface area contributed by atoms with Gasteiger partial charge in [-0.3, -0.25) is 24.7 Å². The van der Waals surface area contributed by atoms with Crippen LogP contribution in [-0.4, -0.2) is 66.7 Å². The van der Waals surface area contributed by atoms with E-state index in [2.05, 4.69) is 4.90 Å². The third-order valence-electron chi connectivity index (χ3n) is 6.03. The van der Waals surface area contributed by atoms with E-state index >= 15 is 0 Å². The van der Waals surface area contributed by atoms with Crippen molar-refractivity contribution in [3.8, 4) is 5.75 Å². The Morgan fingerprint density at radius 2 is 2.03 bits per heavy atom. The van der Waals surface area contributed by atoms with Gasteiger partial charge >= 0.3 is 0 Å². The van der Waals surface area contributed by atoms with Gasteiger partial charge < -0.3 is 9.47 Å². The van der Waals surface area contributed by atoms with Gasteiger partial charge in [0.1, 0.15) is 11.3 Å². The summed E-state index contributed by atoms with van der Waals surface area (Å²) < 4.78 is 13.0. The number of carbonyl (C=O) groups is 1. The first-order valence-electron chi connectivity index (χ1n) is 11.9. The molecule has 0 radical (unpaired) electrons. The Morgan fingerprint density at radius 1 is 1.19 bits per heavy atom. The molecule has 1 fully saturated rings. The minimum Gasteiger partial charge on any atom is -0.492 e. The third kappa shape index (κ3) is 5.19. The van der Waals surface area contributed by atoms with Gasteiger partial charge in [-0.05, 0) is 37.6 Å². The molecule has 1 amide bonds. The molecule has 2 aromatic heterocycles. The van der Waals surface area contributed by atoms with Crippen LogP contribution in [0, 0.1) is 10.1 Å². The number of nitro benzene ring substituents is 1. The second-order valence-electron chi connectivity index (χ2n) is 8.39. The fraction of sp³-hybridized carbons (Fsp3) is 0.360. The topological polar surface area (TPSA) is 98.0 Å². The van der Waals surface area contributed by atoms with Crippen molar-refractivity contribution in [2.24, 2.45) is 0 Å². The Morgan fingerprint density at radius 3 is 2.81 bits per heavy atom. The highest BCUT2D eigenvalue weighted by molar-refractivity contribution is 7.23. The number of hydrogen-bond acceptors (Lipinski definition) is 9. The first kappa shape index (κ1) is 24.6. The predicted molar refractivity (Wildman–Crippen MR) is 143 cm³/mol. The van der Waals surface area contributed by atoms with Crippen LogP contribution in [0.25, 0.3) is 20.3 Å². The average molecular weight is 527 g/mol. The number of morpholine rings is 1. The Bertz CT molecular complexity index is 1400. The van der Waals surface area contributed by atoms with Gasteiger partial charge in [-0.2, -0.15) is 0 Å². The van der Waals surface area contributed by atoms with Crippen LogP contribution in [-0.2, 0) is 4.74 Å². The van der Waals surface area contributed by atoms with Crippen molar-refractivity contribution < 1.29 is 19.2 Å². The lowest BCUT2D eigenvalue weighted by Gasteiger charge is -2.27. The molecule has 0 spiro atoms. The number of nitrogens with zero attached hydrogens (tertiary/aromatic N) is 4. The molecule has 188 valence electrons. The lowest BCUT2D eigenvalue weighted by Crippen LogP contribution is -2.39. The lowest BCUT2D eigenvalue weighted by atomic mass is 10.2. The normalized spacial score (nSPS) is 14.4. The SMILES string of the molecule is CCOc1cccc2sc(N(CCCN3CCOCC3)C(=O)c3cc4cc([N+](=O)[O-])ccc4s3)nc12. The molecule has 2 aromatic carbocycles. The Kier molecular flexibility index (Phi) is 7.42. The van der Waals surface area contributed by atoms with E-state index in [1.54, 1.807) is 17.0 Å². The maximum Gasteiger partial charge on any atom is 0.270 e. The number of nitro groups is 1. The largest absolute Gasteiger partial charge is 0.492 e. The molecule has 3 heterocycles. The summed E-state index contributed by atoms with van der Waals surface area (Å²) in [6.07, 6.45) is 0.788. The molecule has 0 N–H and O–H groups in total. The maximum absolute atomic E-state index is 13.8. The number of thiazole rings is 1. The molecule has 5 rings (SSSR count).